The van der Waals surface area contributed by atoms with E-state index in [4.69, 9.17) is 4.43 Å². The molecule has 2 unspecified atom stereocenters. The van der Waals surface area contributed by atoms with Crippen molar-refractivity contribution in [3.05, 3.63) is 35.6 Å². The molecule has 1 saturated heterocycles. The first-order valence-corrected chi connectivity index (χ1v) is 11.1. The third-order valence-corrected chi connectivity index (χ3v) is 9.74. The molecule has 1 N–H and O–H groups in total. The number of allylic oxidation sites excluding steroid dienone is 1. The summed E-state index contributed by atoms with van der Waals surface area (Å²) in [4.78, 5) is 14.2. The molecule has 0 radical (unpaired) electrons. The van der Waals surface area contributed by atoms with E-state index in [1.165, 1.54) is 0 Å². The van der Waals surface area contributed by atoms with Crippen LogP contribution in [0.15, 0.2) is 35.6 Å². The Labute approximate surface area is 141 Å². The van der Waals surface area contributed by atoms with Gasteiger partial charge in [-0.15, -0.1) is 0 Å². The van der Waals surface area contributed by atoms with E-state index in [1.807, 2.05) is 19.0 Å². The molecule has 0 saturated carbocycles. The van der Waals surface area contributed by atoms with Crippen molar-refractivity contribution in [3.63, 3.8) is 0 Å². The van der Waals surface area contributed by atoms with Gasteiger partial charge in [0.25, 0.3) is 0 Å². The quantitative estimate of drug-likeness (QED) is 0.804. The van der Waals surface area contributed by atoms with Crippen molar-refractivity contribution in [1.82, 2.24) is 10.2 Å². The van der Waals surface area contributed by atoms with Crippen LogP contribution in [0.4, 0.5) is 0 Å². The number of hydrogen-bond donors (Lipinski definition) is 1. The summed E-state index contributed by atoms with van der Waals surface area (Å²) >= 11 is 0. The molecule has 2 aliphatic rings. The van der Waals surface area contributed by atoms with Crippen LogP contribution in [-0.4, -0.2) is 45.9 Å². The summed E-state index contributed by atoms with van der Waals surface area (Å²) in [7, 11) is 2.08. The number of carbonyl (C=O) groups is 1. The molecule has 0 aromatic rings. The molecule has 0 spiro atoms. The van der Waals surface area contributed by atoms with Crippen LogP contribution >= 0.6 is 0 Å². The zero-order valence-electron chi connectivity index (χ0n) is 15.5. The standard InChI is InChI=1S/C18H30N2O2Si/c1-12-9-13(11-22-23(7,8)18(2,3)4)10-14-15(12)16(20(5)6)17(21)19-14/h9-10,15-16H,1,11H2,2-8H3,(H,19,21). The van der Waals surface area contributed by atoms with Crippen LogP contribution in [0.25, 0.3) is 0 Å². The molecule has 2 rings (SSSR count). The second-order valence-electron chi connectivity index (χ2n) is 8.32. The third kappa shape index (κ3) is 3.52. The van der Waals surface area contributed by atoms with Gasteiger partial charge in [-0.05, 0) is 49.4 Å². The Hall–Kier alpha value is -1.17. The van der Waals surface area contributed by atoms with Gasteiger partial charge in [0.2, 0.25) is 5.91 Å². The highest BCUT2D eigenvalue weighted by Crippen LogP contribution is 2.38. The van der Waals surface area contributed by atoms with Crippen LogP contribution < -0.4 is 5.32 Å². The molecular formula is C18H30N2O2Si. The van der Waals surface area contributed by atoms with E-state index < -0.39 is 8.32 Å². The van der Waals surface area contributed by atoms with Gasteiger partial charge in [0.1, 0.15) is 6.04 Å². The van der Waals surface area contributed by atoms with Crippen molar-refractivity contribution in [2.24, 2.45) is 5.92 Å². The fraction of sp³-hybridized carbons (Fsp3) is 0.611. The lowest BCUT2D eigenvalue weighted by Gasteiger charge is -2.36. The van der Waals surface area contributed by atoms with Gasteiger partial charge in [-0.2, -0.15) is 0 Å². The number of rotatable bonds is 4. The predicted molar refractivity (Wildman–Crippen MR) is 97.6 cm³/mol. The zero-order chi connectivity index (χ0) is 17.6. The molecule has 2 atom stereocenters. The molecule has 1 heterocycles. The second kappa shape index (κ2) is 6.04. The van der Waals surface area contributed by atoms with Crippen LogP contribution in [0, 0.1) is 5.92 Å². The predicted octanol–water partition coefficient (Wildman–Crippen LogP) is 3.06. The summed E-state index contributed by atoms with van der Waals surface area (Å²) in [6.45, 7) is 16.0. The van der Waals surface area contributed by atoms with Crippen molar-refractivity contribution in [2.45, 2.75) is 44.9 Å². The van der Waals surface area contributed by atoms with Crippen molar-refractivity contribution >= 4 is 14.2 Å². The van der Waals surface area contributed by atoms with Gasteiger partial charge in [-0.25, -0.2) is 0 Å². The van der Waals surface area contributed by atoms with Crippen LogP contribution in [0.2, 0.25) is 18.1 Å². The van der Waals surface area contributed by atoms with E-state index in [0.29, 0.717) is 6.61 Å². The summed E-state index contributed by atoms with van der Waals surface area (Å²) < 4.78 is 6.29. The van der Waals surface area contributed by atoms with Gasteiger partial charge in [-0.3, -0.25) is 9.69 Å². The molecule has 0 aromatic heterocycles. The van der Waals surface area contributed by atoms with Gasteiger partial charge >= 0.3 is 0 Å². The molecule has 0 bridgehead atoms. The molecule has 128 valence electrons. The number of nitrogens with one attached hydrogen (secondary N) is 1. The van der Waals surface area contributed by atoms with Gasteiger partial charge in [0, 0.05) is 11.6 Å². The highest BCUT2D eigenvalue weighted by Gasteiger charge is 2.43. The molecule has 1 aliphatic heterocycles. The Kier molecular flexibility index (Phi) is 4.77. The van der Waals surface area contributed by atoms with Crippen molar-refractivity contribution in [3.8, 4) is 0 Å². The number of likely N-dealkylation sites (N-methyl/N-ethyl adjacent to an activating group) is 1. The lowest BCUT2D eigenvalue weighted by Crippen LogP contribution is -2.41. The highest BCUT2D eigenvalue weighted by molar-refractivity contribution is 6.74. The van der Waals surface area contributed by atoms with Crippen LogP contribution in [0.5, 0.6) is 0 Å². The number of amides is 1. The fourth-order valence-corrected chi connectivity index (χ4v) is 3.77. The minimum atomic E-state index is -1.78. The number of carbonyl (C=O) groups excluding carboxylic acids is 1. The monoisotopic (exact) mass is 334 g/mol. The largest absolute Gasteiger partial charge is 0.413 e. The molecule has 4 nitrogen and oxygen atoms in total. The minimum Gasteiger partial charge on any atom is -0.413 e. The van der Waals surface area contributed by atoms with Crippen molar-refractivity contribution in [1.29, 1.82) is 0 Å². The average molecular weight is 335 g/mol. The Balaban J connectivity index is 2.14. The van der Waals surface area contributed by atoms with Gasteiger partial charge in [-0.1, -0.05) is 33.4 Å². The molecule has 5 heteroatoms. The lowest BCUT2D eigenvalue weighted by molar-refractivity contribution is -0.123. The summed E-state index contributed by atoms with van der Waals surface area (Å²) in [5.41, 5.74) is 3.02. The summed E-state index contributed by atoms with van der Waals surface area (Å²) in [5.74, 6) is 0.0847. The molecular weight excluding hydrogens is 304 g/mol. The smallest absolute Gasteiger partial charge is 0.242 e. The lowest BCUT2D eigenvalue weighted by atomic mass is 9.86. The second-order valence-corrected chi connectivity index (χ2v) is 13.1. The first kappa shape index (κ1) is 18.2. The average Bonchev–Trinajstić information content (AvgIpc) is 2.72. The van der Waals surface area contributed by atoms with Crippen molar-refractivity contribution in [2.75, 3.05) is 20.7 Å². The SMILES string of the molecule is C=C1C=C(CO[Si](C)(C)C(C)(C)C)C=C2NC(=O)C(N(C)C)C12. The topological polar surface area (TPSA) is 41.6 Å². The third-order valence-electron chi connectivity index (χ3n) is 5.26. The van der Waals surface area contributed by atoms with Gasteiger partial charge < -0.3 is 9.74 Å². The first-order chi connectivity index (χ1) is 10.4. The van der Waals surface area contributed by atoms with E-state index in [1.54, 1.807) is 0 Å². The van der Waals surface area contributed by atoms with E-state index in [-0.39, 0.29) is 22.9 Å². The van der Waals surface area contributed by atoms with E-state index in [0.717, 1.165) is 16.8 Å². The van der Waals surface area contributed by atoms with Crippen molar-refractivity contribution < 1.29 is 9.22 Å². The molecule has 1 amide bonds. The maximum absolute atomic E-state index is 12.2. The van der Waals surface area contributed by atoms with Crippen LogP contribution in [0.3, 0.4) is 0 Å². The zero-order valence-corrected chi connectivity index (χ0v) is 16.5. The Morgan fingerprint density at radius 3 is 2.43 bits per heavy atom. The minimum absolute atomic E-state index is 0.0362. The Morgan fingerprint density at radius 1 is 1.30 bits per heavy atom. The van der Waals surface area contributed by atoms with E-state index in [9.17, 15) is 4.79 Å². The number of nitrogens with zero attached hydrogens (tertiary/aromatic N) is 1. The maximum Gasteiger partial charge on any atom is 0.242 e. The Morgan fingerprint density at radius 2 is 1.91 bits per heavy atom. The highest BCUT2D eigenvalue weighted by atomic mass is 28.4. The number of fused-ring (bicyclic) bond motifs is 1. The summed E-state index contributed by atoms with van der Waals surface area (Å²) in [6.07, 6.45) is 4.14. The van der Waals surface area contributed by atoms with E-state index in [2.05, 4.69) is 57.9 Å². The summed E-state index contributed by atoms with van der Waals surface area (Å²) in [6, 6.07) is -0.173. The molecule has 0 aromatic carbocycles. The van der Waals surface area contributed by atoms with Crippen LogP contribution in [0.1, 0.15) is 20.8 Å². The van der Waals surface area contributed by atoms with E-state index >= 15 is 0 Å². The number of hydrogen-bond acceptors (Lipinski definition) is 3. The van der Waals surface area contributed by atoms with Gasteiger partial charge in [0.05, 0.1) is 6.61 Å². The summed E-state index contributed by atoms with van der Waals surface area (Å²) in [5, 5.41) is 3.20. The first-order valence-electron chi connectivity index (χ1n) is 8.16. The fourth-order valence-electron chi connectivity index (χ4n) is 2.81. The Bertz CT molecular complexity index is 582. The maximum atomic E-state index is 12.2. The normalized spacial score (nSPS) is 25.2. The molecule has 1 fully saturated rings. The molecule has 1 aliphatic carbocycles. The van der Waals surface area contributed by atoms with Crippen LogP contribution in [-0.2, 0) is 9.22 Å². The van der Waals surface area contributed by atoms with Gasteiger partial charge in [0.15, 0.2) is 8.32 Å². The molecule has 23 heavy (non-hydrogen) atoms.